The second-order valence-electron chi connectivity index (χ2n) is 3.02. The maximum absolute atomic E-state index is 9.37. The summed E-state index contributed by atoms with van der Waals surface area (Å²) in [5.41, 5.74) is 0. The molecule has 2 nitrogen and oxygen atoms in total. The lowest BCUT2D eigenvalue weighted by Gasteiger charge is -2.12. The Morgan fingerprint density at radius 3 is 2.58 bits per heavy atom. The van der Waals surface area contributed by atoms with Gasteiger partial charge in [-0.15, -0.1) is 12.3 Å². The average Bonchev–Trinajstić information content (AvgIpc) is 2.10. The summed E-state index contributed by atoms with van der Waals surface area (Å²) in [6, 6.07) is 0. The first-order valence-electron chi connectivity index (χ1n) is 4.35. The fraction of sp³-hybridized carbons (Fsp3) is 0.800. The zero-order valence-corrected chi connectivity index (χ0v) is 7.92. The molecular weight excluding hydrogens is 152 g/mol. The zero-order valence-electron chi connectivity index (χ0n) is 7.92. The largest absolute Gasteiger partial charge is 0.393 e. The lowest BCUT2D eigenvalue weighted by Crippen LogP contribution is -2.12. The molecule has 12 heavy (non-hydrogen) atoms. The number of hydrogen-bond acceptors (Lipinski definition) is 2. The van der Waals surface area contributed by atoms with Crippen LogP contribution in [-0.2, 0) is 4.74 Å². The van der Waals surface area contributed by atoms with E-state index < -0.39 is 0 Å². The van der Waals surface area contributed by atoms with Crippen LogP contribution in [0.5, 0.6) is 0 Å². The van der Waals surface area contributed by atoms with Gasteiger partial charge in [0, 0.05) is 13.5 Å². The lowest BCUT2D eigenvalue weighted by atomic mass is 10.1. The van der Waals surface area contributed by atoms with Crippen molar-refractivity contribution in [2.24, 2.45) is 0 Å². The molecule has 0 aromatic rings. The maximum atomic E-state index is 9.37. The van der Waals surface area contributed by atoms with Crippen LogP contribution in [0.2, 0.25) is 0 Å². The van der Waals surface area contributed by atoms with Crippen LogP contribution in [0.25, 0.3) is 0 Å². The Bertz CT molecular complexity index is 137. The summed E-state index contributed by atoms with van der Waals surface area (Å²) in [6.07, 6.45) is 8.06. The van der Waals surface area contributed by atoms with Gasteiger partial charge < -0.3 is 9.84 Å². The topological polar surface area (TPSA) is 29.5 Å². The molecule has 0 amide bonds. The van der Waals surface area contributed by atoms with E-state index in [-0.39, 0.29) is 12.2 Å². The minimum Gasteiger partial charge on any atom is -0.393 e. The Hall–Kier alpha value is -0.520. The third kappa shape index (κ3) is 6.21. The molecule has 0 heterocycles. The highest BCUT2D eigenvalue weighted by molar-refractivity contribution is 4.84. The monoisotopic (exact) mass is 170 g/mol. The van der Waals surface area contributed by atoms with E-state index in [9.17, 15) is 5.11 Å². The molecule has 0 aliphatic carbocycles. The van der Waals surface area contributed by atoms with Gasteiger partial charge >= 0.3 is 0 Å². The van der Waals surface area contributed by atoms with Crippen molar-refractivity contribution >= 4 is 0 Å². The fourth-order valence-corrected chi connectivity index (χ4v) is 0.939. The minimum absolute atomic E-state index is 0.227. The van der Waals surface area contributed by atoms with Gasteiger partial charge in [-0.25, -0.2) is 0 Å². The molecule has 2 unspecified atom stereocenters. The predicted octanol–water partition coefficient (Wildman–Crippen LogP) is 1.58. The normalized spacial score (nSPS) is 15.2. The third-order valence-corrected chi connectivity index (χ3v) is 1.93. The number of methoxy groups -OCH3 is 1. The zero-order chi connectivity index (χ0) is 9.40. The molecule has 1 N–H and O–H groups in total. The van der Waals surface area contributed by atoms with Gasteiger partial charge in [0.2, 0.25) is 0 Å². The summed E-state index contributed by atoms with van der Waals surface area (Å²) in [4.78, 5) is 0. The van der Waals surface area contributed by atoms with Gasteiger partial charge in [-0.1, -0.05) is 0 Å². The second kappa shape index (κ2) is 7.15. The first-order valence-corrected chi connectivity index (χ1v) is 4.35. The van der Waals surface area contributed by atoms with Crippen LogP contribution in [-0.4, -0.2) is 24.4 Å². The Morgan fingerprint density at radius 1 is 1.42 bits per heavy atom. The smallest absolute Gasteiger partial charge is 0.0550 e. The quantitative estimate of drug-likeness (QED) is 0.613. The summed E-state index contributed by atoms with van der Waals surface area (Å²) < 4.78 is 5.05. The summed E-state index contributed by atoms with van der Waals surface area (Å²) >= 11 is 0. The lowest BCUT2D eigenvalue weighted by molar-refractivity contribution is 0.0830. The van der Waals surface area contributed by atoms with E-state index >= 15 is 0 Å². The first-order chi connectivity index (χ1) is 5.70. The number of aliphatic hydroxyl groups is 1. The summed E-state index contributed by atoms with van der Waals surface area (Å²) in [6.45, 7) is 1.99. The number of aliphatic hydroxyl groups excluding tert-OH is 1. The highest BCUT2D eigenvalue weighted by Crippen LogP contribution is 2.07. The van der Waals surface area contributed by atoms with Crippen molar-refractivity contribution in [2.75, 3.05) is 7.11 Å². The van der Waals surface area contributed by atoms with Crippen LogP contribution < -0.4 is 0 Å². The minimum atomic E-state index is -0.265. The van der Waals surface area contributed by atoms with E-state index in [1.54, 1.807) is 7.11 Å². The molecule has 0 aromatic heterocycles. The van der Waals surface area contributed by atoms with Crippen LogP contribution >= 0.6 is 0 Å². The molecule has 0 fully saturated rings. The van der Waals surface area contributed by atoms with Crippen molar-refractivity contribution in [1.29, 1.82) is 0 Å². The predicted molar refractivity (Wildman–Crippen MR) is 49.8 cm³/mol. The van der Waals surface area contributed by atoms with Gasteiger partial charge in [-0.2, -0.15) is 0 Å². The number of ether oxygens (including phenoxy) is 1. The molecule has 0 bridgehead atoms. The Kier molecular flexibility index (Phi) is 6.84. The number of hydrogen-bond donors (Lipinski definition) is 1. The number of rotatable bonds is 6. The van der Waals surface area contributed by atoms with Crippen molar-refractivity contribution in [3.05, 3.63) is 0 Å². The standard InChI is InChI=1S/C10H18O2/c1-4-5-6-10(11)8-7-9(2)12-3/h1,9-11H,5-8H2,2-3H3. The van der Waals surface area contributed by atoms with Gasteiger partial charge in [-0.3, -0.25) is 0 Å². The molecular formula is C10H18O2. The highest BCUT2D eigenvalue weighted by Gasteiger charge is 2.05. The summed E-state index contributed by atoms with van der Waals surface area (Å²) in [5, 5.41) is 9.37. The van der Waals surface area contributed by atoms with E-state index in [1.165, 1.54) is 0 Å². The van der Waals surface area contributed by atoms with Crippen LogP contribution in [0, 0.1) is 12.3 Å². The van der Waals surface area contributed by atoms with Crippen molar-refractivity contribution in [2.45, 2.75) is 44.8 Å². The van der Waals surface area contributed by atoms with Crippen LogP contribution in [0.4, 0.5) is 0 Å². The molecule has 0 aromatic carbocycles. The molecule has 2 heteroatoms. The van der Waals surface area contributed by atoms with Gasteiger partial charge in [0.25, 0.3) is 0 Å². The van der Waals surface area contributed by atoms with E-state index in [4.69, 9.17) is 11.2 Å². The molecule has 0 spiro atoms. The van der Waals surface area contributed by atoms with Crippen LogP contribution in [0.3, 0.4) is 0 Å². The van der Waals surface area contributed by atoms with Crippen molar-refractivity contribution in [3.8, 4) is 12.3 Å². The van der Waals surface area contributed by atoms with Crippen molar-refractivity contribution in [3.63, 3.8) is 0 Å². The van der Waals surface area contributed by atoms with E-state index in [0.717, 1.165) is 12.8 Å². The van der Waals surface area contributed by atoms with Gasteiger partial charge in [0.05, 0.1) is 12.2 Å². The van der Waals surface area contributed by atoms with Gasteiger partial charge in [0.1, 0.15) is 0 Å². The molecule has 0 aliphatic rings. The molecule has 0 rings (SSSR count). The Balaban J connectivity index is 3.31. The fourth-order valence-electron chi connectivity index (χ4n) is 0.939. The van der Waals surface area contributed by atoms with Crippen molar-refractivity contribution < 1.29 is 9.84 Å². The van der Waals surface area contributed by atoms with Gasteiger partial charge in [-0.05, 0) is 26.2 Å². The molecule has 0 saturated carbocycles. The Morgan fingerprint density at radius 2 is 2.08 bits per heavy atom. The summed E-state index contributed by atoms with van der Waals surface area (Å²) in [7, 11) is 1.68. The van der Waals surface area contributed by atoms with Crippen LogP contribution in [0.15, 0.2) is 0 Å². The molecule has 2 atom stereocenters. The number of terminal acetylenes is 1. The highest BCUT2D eigenvalue weighted by atomic mass is 16.5. The van der Waals surface area contributed by atoms with Gasteiger partial charge in [0.15, 0.2) is 0 Å². The summed E-state index contributed by atoms with van der Waals surface area (Å²) in [5.74, 6) is 2.51. The second-order valence-corrected chi connectivity index (χ2v) is 3.02. The molecule has 0 saturated heterocycles. The molecule has 0 radical (unpaired) electrons. The first kappa shape index (κ1) is 11.5. The average molecular weight is 170 g/mol. The van der Waals surface area contributed by atoms with Crippen LogP contribution in [0.1, 0.15) is 32.6 Å². The molecule has 0 aliphatic heterocycles. The van der Waals surface area contributed by atoms with E-state index in [2.05, 4.69) is 5.92 Å². The third-order valence-electron chi connectivity index (χ3n) is 1.93. The maximum Gasteiger partial charge on any atom is 0.0550 e. The van der Waals surface area contributed by atoms with E-state index in [1.807, 2.05) is 6.92 Å². The van der Waals surface area contributed by atoms with Crippen molar-refractivity contribution in [1.82, 2.24) is 0 Å². The Labute approximate surface area is 74.9 Å². The molecule has 70 valence electrons. The SMILES string of the molecule is C#CCCC(O)CCC(C)OC. The van der Waals surface area contributed by atoms with E-state index in [0.29, 0.717) is 12.8 Å².